The lowest BCUT2D eigenvalue weighted by molar-refractivity contribution is -0.108. The van der Waals surface area contributed by atoms with E-state index in [2.05, 4.69) is 9.80 Å². The second-order valence-electron chi connectivity index (χ2n) is 7.55. The minimum absolute atomic E-state index is 0.437. The first kappa shape index (κ1) is 32.4. The first-order valence-corrected chi connectivity index (χ1v) is 12.8. The van der Waals surface area contributed by atoms with Gasteiger partial charge in [0.2, 0.25) is 0 Å². The van der Waals surface area contributed by atoms with Gasteiger partial charge in [0.1, 0.15) is 6.29 Å². The lowest BCUT2D eigenvalue weighted by Crippen LogP contribution is -2.47. The molecular formula is C24H51N3O6. The number of piperazine rings is 1. The summed E-state index contributed by atoms with van der Waals surface area (Å²) >= 11 is 0. The Morgan fingerprint density at radius 1 is 0.606 bits per heavy atom. The number of ether oxygens (including phenoxy) is 5. The van der Waals surface area contributed by atoms with Gasteiger partial charge in [-0.05, 0) is 25.8 Å². The van der Waals surface area contributed by atoms with Crippen molar-refractivity contribution in [1.29, 1.82) is 0 Å². The van der Waals surface area contributed by atoms with Gasteiger partial charge in [-0.2, -0.15) is 0 Å². The molecule has 0 saturated carbocycles. The van der Waals surface area contributed by atoms with Crippen LogP contribution in [-0.4, -0.2) is 128 Å². The van der Waals surface area contributed by atoms with E-state index in [9.17, 15) is 4.79 Å². The average molecular weight is 478 g/mol. The highest BCUT2D eigenvalue weighted by atomic mass is 16.6. The summed E-state index contributed by atoms with van der Waals surface area (Å²) in [5, 5.41) is 0. The van der Waals surface area contributed by atoms with Gasteiger partial charge in [0, 0.05) is 52.3 Å². The fraction of sp³-hybridized carbons (Fsp3) is 0.958. The smallest absolute Gasteiger partial charge is 0.122 e. The zero-order valence-corrected chi connectivity index (χ0v) is 21.3. The molecule has 0 aromatic heterocycles. The molecule has 198 valence electrons. The molecule has 1 heterocycles. The van der Waals surface area contributed by atoms with Gasteiger partial charge in [-0.3, -0.25) is 4.90 Å². The van der Waals surface area contributed by atoms with Crippen LogP contribution in [0.4, 0.5) is 0 Å². The van der Waals surface area contributed by atoms with Gasteiger partial charge in [0.15, 0.2) is 0 Å². The van der Waals surface area contributed by atoms with E-state index < -0.39 is 0 Å². The molecule has 0 spiro atoms. The van der Waals surface area contributed by atoms with Gasteiger partial charge < -0.3 is 39.1 Å². The third kappa shape index (κ3) is 22.9. The second kappa shape index (κ2) is 27.6. The summed E-state index contributed by atoms with van der Waals surface area (Å²) in [4.78, 5) is 15.2. The van der Waals surface area contributed by atoms with Crippen molar-refractivity contribution in [2.24, 2.45) is 5.73 Å². The van der Waals surface area contributed by atoms with E-state index in [1.54, 1.807) is 0 Å². The predicted molar refractivity (Wildman–Crippen MR) is 132 cm³/mol. The Kier molecular flexibility index (Phi) is 27.0. The third-order valence-corrected chi connectivity index (χ3v) is 5.04. The first-order chi connectivity index (χ1) is 16.4. The monoisotopic (exact) mass is 477 g/mol. The quantitative estimate of drug-likeness (QED) is 0.173. The van der Waals surface area contributed by atoms with Crippen LogP contribution in [-0.2, 0) is 28.5 Å². The highest BCUT2D eigenvalue weighted by Crippen LogP contribution is 2.05. The number of hydrogen-bond donors (Lipinski definition) is 1. The van der Waals surface area contributed by atoms with Gasteiger partial charge in [-0.1, -0.05) is 13.8 Å². The highest BCUT2D eigenvalue weighted by Gasteiger charge is 2.15. The molecule has 0 bridgehead atoms. The molecule has 2 N–H and O–H groups in total. The number of rotatable bonds is 23. The summed E-state index contributed by atoms with van der Waals surface area (Å²) in [7, 11) is 0. The Bertz CT molecular complexity index is 385. The Morgan fingerprint density at radius 3 is 1.64 bits per heavy atom. The van der Waals surface area contributed by atoms with Crippen molar-refractivity contribution < 1.29 is 28.5 Å². The van der Waals surface area contributed by atoms with Crippen molar-refractivity contribution in [2.75, 3.05) is 112 Å². The van der Waals surface area contributed by atoms with Gasteiger partial charge >= 0.3 is 0 Å². The van der Waals surface area contributed by atoms with E-state index in [0.29, 0.717) is 65.8 Å². The van der Waals surface area contributed by atoms with Crippen LogP contribution in [0.25, 0.3) is 0 Å². The fourth-order valence-corrected chi connectivity index (χ4v) is 3.23. The Hall–Kier alpha value is -0.650. The number of nitrogens with zero attached hydrogens (tertiary/aromatic N) is 2. The van der Waals surface area contributed by atoms with Crippen molar-refractivity contribution >= 4 is 6.29 Å². The lowest BCUT2D eigenvalue weighted by atomic mass is 10.2. The molecule has 9 nitrogen and oxygen atoms in total. The van der Waals surface area contributed by atoms with Crippen LogP contribution < -0.4 is 5.73 Å². The zero-order valence-electron chi connectivity index (χ0n) is 21.3. The molecule has 1 saturated heterocycles. The van der Waals surface area contributed by atoms with Crippen LogP contribution in [0.3, 0.4) is 0 Å². The number of aldehydes is 1. The van der Waals surface area contributed by atoms with E-state index in [-0.39, 0.29) is 0 Å². The number of nitrogens with two attached hydrogens (primary N) is 1. The van der Waals surface area contributed by atoms with Crippen LogP contribution in [0.15, 0.2) is 0 Å². The molecule has 0 radical (unpaired) electrons. The fourth-order valence-electron chi connectivity index (χ4n) is 3.23. The largest absolute Gasteiger partial charge is 0.380 e. The first-order valence-electron chi connectivity index (χ1n) is 12.8. The maximum atomic E-state index is 10.1. The molecule has 0 aromatic carbocycles. The number of carbonyl (C=O) groups excluding carboxylic acids is 1. The van der Waals surface area contributed by atoms with Crippen molar-refractivity contribution in [2.45, 2.75) is 39.5 Å². The molecule has 9 heteroatoms. The Balaban J connectivity index is 0.00000497. The number of unbranched alkanes of at least 4 members (excludes halogenated alkanes) is 2. The maximum absolute atomic E-state index is 10.1. The predicted octanol–water partition coefficient (Wildman–Crippen LogP) is 1.43. The maximum Gasteiger partial charge on any atom is 0.122 e. The van der Waals surface area contributed by atoms with Crippen molar-refractivity contribution in [3.63, 3.8) is 0 Å². The molecule has 0 unspecified atom stereocenters. The van der Waals surface area contributed by atoms with Gasteiger partial charge in [-0.15, -0.1) is 0 Å². The zero-order chi connectivity index (χ0) is 24.2. The summed E-state index contributed by atoms with van der Waals surface area (Å²) < 4.78 is 27.2. The molecule has 33 heavy (non-hydrogen) atoms. The van der Waals surface area contributed by atoms with Gasteiger partial charge in [0.05, 0.1) is 59.5 Å². The molecule has 1 aliphatic rings. The number of carbonyl (C=O) groups is 1. The summed E-state index contributed by atoms with van der Waals surface area (Å²) in [6, 6.07) is 0. The molecule has 1 aliphatic heterocycles. The molecule has 0 amide bonds. The molecule has 0 aromatic rings. The summed E-state index contributed by atoms with van der Waals surface area (Å²) in [5.41, 5.74) is 5.40. The van der Waals surface area contributed by atoms with E-state index in [0.717, 1.165) is 58.6 Å². The van der Waals surface area contributed by atoms with E-state index in [1.165, 1.54) is 19.4 Å². The topological polar surface area (TPSA) is 95.7 Å². The van der Waals surface area contributed by atoms with Crippen LogP contribution in [0.1, 0.15) is 39.5 Å². The van der Waals surface area contributed by atoms with E-state index in [1.807, 2.05) is 13.8 Å². The minimum Gasteiger partial charge on any atom is -0.380 e. The normalized spacial score (nSPS) is 14.8. The van der Waals surface area contributed by atoms with E-state index >= 15 is 0 Å². The van der Waals surface area contributed by atoms with Crippen LogP contribution in [0.2, 0.25) is 0 Å². The minimum atomic E-state index is 0.437. The standard InChI is InChI=1S/C22H45N3O6.C2H6/c23-5-15-27-13-3-1-2-6-24-7-9-25(10-8-24)11-16-29-18-20-31-22-21-30-19-17-28-14-4-12-26;1-2/h12H,1-11,13-23H2;1-2H3. The Labute approximate surface area is 202 Å². The summed E-state index contributed by atoms with van der Waals surface area (Å²) in [6.45, 7) is 17.4. The highest BCUT2D eigenvalue weighted by molar-refractivity contribution is 5.49. The average Bonchev–Trinajstić information content (AvgIpc) is 2.86. The van der Waals surface area contributed by atoms with Crippen molar-refractivity contribution in [3.05, 3.63) is 0 Å². The van der Waals surface area contributed by atoms with Crippen molar-refractivity contribution in [1.82, 2.24) is 9.80 Å². The second-order valence-corrected chi connectivity index (χ2v) is 7.55. The van der Waals surface area contributed by atoms with Crippen LogP contribution in [0, 0.1) is 0 Å². The Morgan fingerprint density at radius 2 is 1.09 bits per heavy atom. The molecule has 0 aliphatic carbocycles. The molecule has 1 rings (SSSR count). The molecular weight excluding hydrogens is 426 g/mol. The lowest BCUT2D eigenvalue weighted by Gasteiger charge is -2.34. The molecule has 1 fully saturated rings. The van der Waals surface area contributed by atoms with Gasteiger partial charge in [-0.25, -0.2) is 0 Å². The SMILES string of the molecule is CC.NCCOCCCCCN1CCN(CCOCCOCCOCCOCCC=O)CC1. The third-order valence-electron chi connectivity index (χ3n) is 5.04. The summed E-state index contributed by atoms with van der Waals surface area (Å²) in [6.07, 6.45) is 4.89. The van der Waals surface area contributed by atoms with Crippen LogP contribution in [0.5, 0.6) is 0 Å². The van der Waals surface area contributed by atoms with Crippen LogP contribution >= 0.6 is 0 Å². The molecule has 0 atom stereocenters. The van der Waals surface area contributed by atoms with E-state index in [4.69, 9.17) is 29.4 Å². The number of hydrogen-bond acceptors (Lipinski definition) is 9. The van der Waals surface area contributed by atoms with Crippen molar-refractivity contribution in [3.8, 4) is 0 Å². The van der Waals surface area contributed by atoms with Gasteiger partial charge in [0.25, 0.3) is 0 Å². The summed E-state index contributed by atoms with van der Waals surface area (Å²) in [5.74, 6) is 0.